The van der Waals surface area contributed by atoms with Crippen LogP contribution in [0.5, 0.6) is 5.75 Å². The van der Waals surface area contributed by atoms with E-state index in [2.05, 4.69) is 16.2 Å². The van der Waals surface area contributed by atoms with E-state index in [0.29, 0.717) is 5.69 Å². The van der Waals surface area contributed by atoms with Gasteiger partial charge in [-0.1, -0.05) is 36.4 Å². The molecule has 7 nitrogen and oxygen atoms in total. The van der Waals surface area contributed by atoms with E-state index in [1.807, 2.05) is 24.3 Å². The van der Waals surface area contributed by atoms with Gasteiger partial charge in [0.15, 0.2) is 17.7 Å². The smallest absolute Gasteiger partial charge is 0.279 e. The minimum atomic E-state index is -1.06. The number of halogens is 1. The molecule has 0 saturated heterocycles. The molecule has 0 radical (unpaired) electrons. The highest BCUT2D eigenvalue weighted by atomic mass is 19.1. The van der Waals surface area contributed by atoms with Crippen LogP contribution in [-0.4, -0.2) is 23.8 Å². The molecule has 1 saturated carbocycles. The van der Waals surface area contributed by atoms with Crippen molar-refractivity contribution < 1.29 is 23.5 Å². The number of hydrogen-bond acceptors (Lipinski definition) is 4. The topological polar surface area (TPSA) is 96.5 Å². The third kappa shape index (κ3) is 4.85. The van der Waals surface area contributed by atoms with E-state index in [1.54, 1.807) is 18.2 Å². The van der Waals surface area contributed by atoms with Crippen molar-refractivity contribution >= 4 is 34.2 Å². The Labute approximate surface area is 183 Å². The number of para-hydroxylation sites is 1. The molecule has 3 N–H and O–H groups in total. The van der Waals surface area contributed by atoms with Crippen molar-refractivity contribution in [2.75, 3.05) is 5.32 Å². The van der Waals surface area contributed by atoms with E-state index in [-0.39, 0.29) is 23.1 Å². The van der Waals surface area contributed by atoms with Gasteiger partial charge in [0.05, 0.1) is 11.3 Å². The summed E-state index contributed by atoms with van der Waals surface area (Å²) in [4.78, 5) is 37.4. The maximum Gasteiger partial charge on any atom is 0.279 e. The first-order valence-corrected chi connectivity index (χ1v) is 10.3. The minimum Gasteiger partial charge on any atom is -0.478 e. The van der Waals surface area contributed by atoms with Crippen LogP contribution < -0.4 is 20.9 Å². The van der Waals surface area contributed by atoms with Gasteiger partial charge < -0.3 is 10.1 Å². The molecule has 0 aromatic heterocycles. The number of carbonyl (C=O) groups is 3. The van der Waals surface area contributed by atoms with Crippen LogP contribution in [0.4, 0.5) is 10.1 Å². The van der Waals surface area contributed by atoms with Crippen molar-refractivity contribution in [1.82, 2.24) is 10.9 Å². The molecule has 0 aliphatic heterocycles. The van der Waals surface area contributed by atoms with E-state index >= 15 is 0 Å². The molecular formula is C24H22FN3O4. The Kier molecular flexibility index (Phi) is 6.02. The van der Waals surface area contributed by atoms with Crippen LogP contribution in [0.2, 0.25) is 0 Å². The lowest BCUT2D eigenvalue weighted by Crippen LogP contribution is -2.47. The molecule has 32 heavy (non-hydrogen) atoms. The Morgan fingerprint density at radius 2 is 1.62 bits per heavy atom. The number of benzene rings is 3. The summed E-state index contributed by atoms with van der Waals surface area (Å²) in [7, 11) is 0. The Morgan fingerprint density at radius 1 is 0.969 bits per heavy atom. The average Bonchev–Trinajstić information content (AvgIpc) is 3.64. The number of fused-ring (bicyclic) bond motifs is 1. The standard InChI is InChI=1S/C24H22FN3O4/c1-14(32-21-9-5-4-8-19(21)25)22(29)27-28-24(31)18-12-16-6-2-3-7-17(16)13-20(18)26-23(30)15-10-11-15/h2-9,12-15H,10-11H2,1H3,(H,26,30)(H,27,29)(H,28,31). The first kappa shape index (κ1) is 21.3. The first-order valence-electron chi connectivity index (χ1n) is 10.3. The summed E-state index contributed by atoms with van der Waals surface area (Å²) in [6.07, 6.45) is 0.603. The van der Waals surface area contributed by atoms with Gasteiger partial charge >= 0.3 is 0 Å². The fourth-order valence-electron chi connectivity index (χ4n) is 3.18. The molecule has 1 unspecified atom stereocenters. The minimum absolute atomic E-state index is 0.0338. The van der Waals surface area contributed by atoms with Crippen molar-refractivity contribution in [3.63, 3.8) is 0 Å². The fourth-order valence-corrected chi connectivity index (χ4v) is 3.18. The van der Waals surface area contributed by atoms with Crippen LogP contribution in [0.1, 0.15) is 30.1 Å². The zero-order valence-electron chi connectivity index (χ0n) is 17.4. The molecule has 1 fully saturated rings. The molecule has 1 atom stereocenters. The maximum atomic E-state index is 13.7. The SMILES string of the molecule is CC(Oc1ccccc1F)C(=O)NNC(=O)c1cc2ccccc2cc1NC(=O)C1CC1. The molecule has 0 heterocycles. The third-order valence-electron chi connectivity index (χ3n) is 5.15. The molecule has 1 aliphatic carbocycles. The summed E-state index contributed by atoms with van der Waals surface area (Å²) in [5.74, 6) is -2.09. The van der Waals surface area contributed by atoms with Gasteiger partial charge in [0.2, 0.25) is 5.91 Å². The average molecular weight is 435 g/mol. The Hall–Kier alpha value is -3.94. The van der Waals surface area contributed by atoms with Crippen LogP contribution in [-0.2, 0) is 9.59 Å². The summed E-state index contributed by atoms with van der Waals surface area (Å²) in [6.45, 7) is 1.44. The third-order valence-corrected chi connectivity index (χ3v) is 5.15. The molecule has 3 aromatic carbocycles. The predicted octanol–water partition coefficient (Wildman–Crippen LogP) is 3.56. The quantitative estimate of drug-likeness (QED) is 0.516. The van der Waals surface area contributed by atoms with Gasteiger partial charge in [0, 0.05) is 5.92 Å². The number of hydrazine groups is 1. The van der Waals surface area contributed by atoms with Gasteiger partial charge in [-0.3, -0.25) is 25.2 Å². The fraction of sp³-hybridized carbons (Fsp3) is 0.208. The molecule has 0 spiro atoms. The molecule has 4 rings (SSSR count). The van der Waals surface area contributed by atoms with Crippen LogP contribution in [0, 0.1) is 11.7 Å². The zero-order chi connectivity index (χ0) is 22.7. The van der Waals surface area contributed by atoms with Crippen molar-refractivity contribution in [1.29, 1.82) is 0 Å². The van der Waals surface area contributed by atoms with Gasteiger partial charge in [0.1, 0.15) is 0 Å². The monoisotopic (exact) mass is 435 g/mol. The van der Waals surface area contributed by atoms with E-state index < -0.39 is 23.7 Å². The van der Waals surface area contributed by atoms with Crippen molar-refractivity contribution in [3.8, 4) is 5.75 Å². The van der Waals surface area contributed by atoms with Gasteiger partial charge in [0.25, 0.3) is 11.8 Å². The normalized spacial score (nSPS) is 13.8. The molecular weight excluding hydrogens is 413 g/mol. The van der Waals surface area contributed by atoms with Crippen LogP contribution in [0.25, 0.3) is 10.8 Å². The van der Waals surface area contributed by atoms with Crippen molar-refractivity contribution in [2.24, 2.45) is 5.92 Å². The van der Waals surface area contributed by atoms with E-state index in [4.69, 9.17) is 4.74 Å². The van der Waals surface area contributed by atoms with Gasteiger partial charge in [-0.05, 0) is 54.8 Å². The lowest BCUT2D eigenvalue weighted by atomic mass is 10.0. The Bertz CT molecular complexity index is 1190. The largest absolute Gasteiger partial charge is 0.478 e. The highest BCUT2D eigenvalue weighted by Gasteiger charge is 2.30. The number of nitrogens with one attached hydrogen (secondary N) is 3. The second kappa shape index (κ2) is 9.05. The molecule has 0 bridgehead atoms. The Morgan fingerprint density at radius 3 is 2.31 bits per heavy atom. The zero-order valence-corrected chi connectivity index (χ0v) is 17.4. The summed E-state index contributed by atoms with van der Waals surface area (Å²) < 4.78 is 19.0. The number of hydrogen-bond donors (Lipinski definition) is 3. The number of carbonyl (C=O) groups excluding carboxylic acids is 3. The molecule has 164 valence electrons. The lowest BCUT2D eigenvalue weighted by Gasteiger charge is -2.17. The summed E-state index contributed by atoms with van der Waals surface area (Å²) in [5.41, 5.74) is 5.20. The predicted molar refractivity (Wildman–Crippen MR) is 117 cm³/mol. The molecule has 1 aliphatic rings. The van der Waals surface area contributed by atoms with Gasteiger partial charge in [-0.25, -0.2) is 4.39 Å². The number of ether oxygens (including phenoxy) is 1. The van der Waals surface area contributed by atoms with Crippen LogP contribution in [0.3, 0.4) is 0 Å². The van der Waals surface area contributed by atoms with E-state index in [9.17, 15) is 18.8 Å². The summed E-state index contributed by atoms with van der Waals surface area (Å²) >= 11 is 0. The summed E-state index contributed by atoms with van der Waals surface area (Å²) in [6, 6.07) is 16.5. The Balaban J connectivity index is 1.47. The lowest BCUT2D eigenvalue weighted by molar-refractivity contribution is -0.128. The summed E-state index contributed by atoms with van der Waals surface area (Å²) in [5, 5.41) is 4.49. The molecule has 3 amide bonds. The van der Waals surface area contributed by atoms with E-state index in [0.717, 1.165) is 23.6 Å². The number of anilines is 1. The van der Waals surface area contributed by atoms with Gasteiger partial charge in [-0.15, -0.1) is 0 Å². The van der Waals surface area contributed by atoms with E-state index in [1.165, 1.54) is 25.1 Å². The molecule has 8 heteroatoms. The van der Waals surface area contributed by atoms with Crippen molar-refractivity contribution in [2.45, 2.75) is 25.9 Å². The highest BCUT2D eigenvalue weighted by molar-refractivity contribution is 6.08. The number of amides is 3. The van der Waals surface area contributed by atoms with Crippen LogP contribution >= 0.6 is 0 Å². The maximum absolute atomic E-state index is 13.7. The van der Waals surface area contributed by atoms with Crippen LogP contribution in [0.15, 0.2) is 60.7 Å². The second-order valence-corrected chi connectivity index (χ2v) is 7.64. The number of rotatable bonds is 6. The molecule has 3 aromatic rings. The van der Waals surface area contributed by atoms with Crippen molar-refractivity contribution in [3.05, 3.63) is 72.0 Å². The first-order chi connectivity index (χ1) is 15.4. The second-order valence-electron chi connectivity index (χ2n) is 7.64. The van der Waals surface area contributed by atoms with Gasteiger partial charge in [-0.2, -0.15) is 0 Å². The highest BCUT2D eigenvalue weighted by Crippen LogP contribution is 2.32.